The summed E-state index contributed by atoms with van der Waals surface area (Å²) < 4.78 is 0. The Morgan fingerprint density at radius 3 is 2.69 bits per heavy atom. The van der Waals surface area contributed by atoms with E-state index < -0.39 is 23.9 Å². The summed E-state index contributed by atoms with van der Waals surface area (Å²) in [4.78, 5) is 53.6. The largest absolute Gasteiger partial charge is 0.481 e. The number of carbonyl (C=O) groups is 3. The number of hydrogen-bond acceptors (Lipinski definition) is 7. The number of benzene rings is 1. The average Bonchev–Trinajstić information content (AvgIpc) is 3.20. The van der Waals surface area contributed by atoms with Crippen molar-refractivity contribution in [2.45, 2.75) is 32.2 Å². The molecule has 1 aromatic carbocycles. The van der Waals surface area contributed by atoms with E-state index in [9.17, 15) is 19.2 Å². The Balaban J connectivity index is 1.56. The zero-order chi connectivity index (χ0) is 23.3. The Hall–Kier alpha value is -3.73. The molecule has 2 heterocycles. The fourth-order valence-corrected chi connectivity index (χ4v) is 3.93. The van der Waals surface area contributed by atoms with E-state index in [4.69, 9.17) is 10.2 Å². The topological polar surface area (TPSA) is 161 Å². The zero-order valence-corrected chi connectivity index (χ0v) is 18.0. The van der Waals surface area contributed by atoms with Crippen molar-refractivity contribution >= 4 is 45.1 Å². The van der Waals surface area contributed by atoms with Gasteiger partial charge in [0.2, 0.25) is 0 Å². The highest BCUT2D eigenvalue weighted by molar-refractivity contribution is 7.17. The maximum Gasteiger partial charge on any atom is 0.326 e. The number of aromatic nitrogens is 2. The van der Waals surface area contributed by atoms with Crippen molar-refractivity contribution in [2.24, 2.45) is 0 Å². The minimum Gasteiger partial charge on any atom is -0.481 e. The molecule has 10 nitrogen and oxygen atoms in total. The summed E-state index contributed by atoms with van der Waals surface area (Å²) in [6.45, 7) is 2.28. The van der Waals surface area contributed by atoms with Crippen LogP contribution in [0.2, 0.25) is 0 Å². The van der Waals surface area contributed by atoms with Crippen LogP contribution in [0, 0.1) is 6.92 Å². The number of fused-ring (bicyclic) bond motifs is 1. The molecule has 0 spiro atoms. The summed E-state index contributed by atoms with van der Waals surface area (Å²) in [5, 5.41) is 24.7. The first-order valence-corrected chi connectivity index (χ1v) is 10.6. The summed E-state index contributed by atoms with van der Waals surface area (Å²) in [6, 6.07) is 7.53. The number of carbonyl (C=O) groups excluding carboxylic acids is 1. The van der Waals surface area contributed by atoms with Crippen molar-refractivity contribution in [2.75, 3.05) is 11.9 Å². The van der Waals surface area contributed by atoms with Gasteiger partial charge >= 0.3 is 11.9 Å². The maximum atomic E-state index is 12.3. The van der Waals surface area contributed by atoms with Gasteiger partial charge in [0, 0.05) is 13.0 Å². The van der Waals surface area contributed by atoms with Gasteiger partial charge in [-0.1, -0.05) is 6.07 Å². The van der Waals surface area contributed by atoms with Crippen LogP contribution in [-0.2, 0) is 16.0 Å². The number of thiophene rings is 1. The maximum absolute atomic E-state index is 12.3. The van der Waals surface area contributed by atoms with Gasteiger partial charge in [-0.3, -0.25) is 14.4 Å². The van der Waals surface area contributed by atoms with Gasteiger partial charge in [-0.05, 0) is 49.6 Å². The van der Waals surface area contributed by atoms with Crippen LogP contribution >= 0.6 is 11.3 Å². The molecular weight excluding hydrogens is 436 g/mol. The predicted molar refractivity (Wildman–Crippen MR) is 119 cm³/mol. The van der Waals surface area contributed by atoms with Gasteiger partial charge in [0.05, 0.1) is 20.8 Å². The molecule has 11 heteroatoms. The standard InChI is InChI=1S/C21H22N4O6S/c1-11-23-14-3-2-12(10-13(14)19(28)24-11)8-9-22-17-6-5-16(32-17)20(29)25-15(21(30)31)4-7-18(26)27/h2-3,5-6,10,15,22H,4,7-9H2,1H3,(H,25,29)(H,26,27)(H,30,31)(H,23,24,28)/t15-/m0/s1. The number of nitrogens with zero attached hydrogens (tertiary/aromatic N) is 1. The summed E-state index contributed by atoms with van der Waals surface area (Å²) in [6.07, 6.45) is 0.0837. The van der Waals surface area contributed by atoms with Gasteiger partial charge in [-0.15, -0.1) is 11.3 Å². The lowest BCUT2D eigenvalue weighted by Gasteiger charge is -2.12. The number of carboxylic acid groups (broad SMARTS) is 2. The Morgan fingerprint density at radius 2 is 1.97 bits per heavy atom. The number of aliphatic carboxylic acids is 2. The molecule has 0 bridgehead atoms. The van der Waals surface area contributed by atoms with E-state index in [1.165, 1.54) is 0 Å². The van der Waals surface area contributed by atoms with Crippen LogP contribution < -0.4 is 16.2 Å². The molecule has 0 saturated heterocycles. The number of nitrogens with one attached hydrogen (secondary N) is 3. The van der Waals surface area contributed by atoms with Crippen LogP contribution in [0.4, 0.5) is 5.00 Å². The van der Waals surface area contributed by atoms with Crippen LogP contribution in [0.1, 0.15) is 33.9 Å². The monoisotopic (exact) mass is 458 g/mol. The van der Waals surface area contributed by atoms with Crippen molar-refractivity contribution in [3.63, 3.8) is 0 Å². The van der Waals surface area contributed by atoms with Gasteiger partial charge in [0.25, 0.3) is 11.5 Å². The van der Waals surface area contributed by atoms with E-state index >= 15 is 0 Å². The van der Waals surface area contributed by atoms with E-state index in [1.54, 1.807) is 25.1 Å². The van der Waals surface area contributed by atoms with Gasteiger partial charge in [0.1, 0.15) is 11.9 Å². The molecule has 3 aromatic rings. The van der Waals surface area contributed by atoms with Crippen LogP contribution in [0.25, 0.3) is 10.9 Å². The van der Waals surface area contributed by atoms with Crippen molar-refractivity contribution in [3.8, 4) is 0 Å². The number of rotatable bonds is 10. The van der Waals surface area contributed by atoms with Crippen LogP contribution in [0.5, 0.6) is 0 Å². The first kappa shape index (κ1) is 22.9. The first-order valence-electron chi connectivity index (χ1n) is 9.81. The molecule has 0 aliphatic heterocycles. The Morgan fingerprint density at radius 1 is 1.19 bits per heavy atom. The number of carboxylic acids is 2. The van der Waals surface area contributed by atoms with E-state index in [0.717, 1.165) is 21.9 Å². The number of aryl methyl sites for hydroxylation is 1. The SMILES string of the molecule is Cc1nc2ccc(CCNc3ccc(C(=O)N[C@@H](CCC(=O)O)C(=O)O)s3)cc2c(=O)[nH]1. The summed E-state index contributed by atoms with van der Waals surface area (Å²) in [7, 11) is 0. The average molecular weight is 458 g/mol. The van der Waals surface area contributed by atoms with Gasteiger partial charge < -0.3 is 25.8 Å². The van der Waals surface area contributed by atoms with Gasteiger partial charge in [-0.25, -0.2) is 9.78 Å². The summed E-state index contributed by atoms with van der Waals surface area (Å²) in [5.74, 6) is -2.42. The first-order chi connectivity index (χ1) is 15.2. The number of hydrogen-bond donors (Lipinski definition) is 5. The zero-order valence-electron chi connectivity index (χ0n) is 17.2. The van der Waals surface area contributed by atoms with Gasteiger partial charge in [0.15, 0.2) is 0 Å². The van der Waals surface area contributed by atoms with Crippen molar-refractivity contribution in [1.82, 2.24) is 15.3 Å². The molecule has 0 saturated carbocycles. The molecule has 0 unspecified atom stereocenters. The molecular formula is C21H22N4O6S. The van der Waals surface area contributed by atoms with Crippen molar-refractivity contribution < 1.29 is 24.6 Å². The lowest BCUT2D eigenvalue weighted by molar-refractivity contribution is -0.140. The quantitative estimate of drug-likeness (QED) is 0.308. The molecule has 0 radical (unpaired) electrons. The lowest BCUT2D eigenvalue weighted by atomic mass is 10.1. The van der Waals surface area contributed by atoms with Gasteiger partial charge in [-0.2, -0.15) is 0 Å². The smallest absolute Gasteiger partial charge is 0.326 e. The van der Waals surface area contributed by atoms with Crippen LogP contribution in [0.3, 0.4) is 0 Å². The second-order valence-electron chi connectivity index (χ2n) is 7.14. The van der Waals surface area contributed by atoms with Crippen molar-refractivity contribution in [3.05, 3.63) is 57.0 Å². The second-order valence-corrected chi connectivity index (χ2v) is 8.22. The molecule has 0 aliphatic rings. The lowest BCUT2D eigenvalue weighted by Crippen LogP contribution is -2.40. The normalized spacial score (nSPS) is 11.8. The second kappa shape index (κ2) is 10.1. The molecule has 32 heavy (non-hydrogen) atoms. The Labute approximate surface area is 186 Å². The highest BCUT2D eigenvalue weighted by atomic mass is 32.1. The van der Waals surface area contributed by atoms with E-state index in [0.29, 0.717) is 34.6 Å². The fraction of sp³-hybridized carbons (Fsp3) is 0.286. The number of aromatic amines is 1. The summed E-state index contributed by atoms with van der Waals surface area (Å²) >= 11 is 1.16. The Bertz CT molecular complexity index is 1220. The molecule has 168 valence electrons. The molecule has 3 rings (SSSR count). The minimum absolute atomic E-state index is 0.181. The van der Waals surface area contributed by atoms with E-state index in [2.05, 4.69) is 20.6 Å². The highest BCUT2D eigenvalue weighted by Crippen LogP contribution is 2.22. The molecule has 1 amide bonds. The molecule has 0 fully saturated rings. The molecule has 1 atom stereocenters. The molecule has 0 aliphatic carbocycles. The van der Waals surface area contributed by atoms with Crippen LogP contribution in [-0.4, -0.2) is 50.6 Å². The van der Waals surface area contributed by atoms with E-state index in [-0.39, 0.29) is 18.4 Å². The van der Waals surface area contributed by atoms with Crippen molar-refractivity contribution in [1.29, 1.82) is 0 Å². The minimum atomic E-state index is -1.28. The third-order valence-corrected chi connectivity index (χ3v) is 5.72. The fourth-order valence-electron chi connectivity index (χ4n) is 3.10. The third kappa shape index (κ3) is 5.91. The molecule has 5 N–H and O–H groups in total. The predicted octanol–water partition coefficient (Wildman–Crippen LogP) is 2.00. The molecule has 2 aromatic heterocycles. The highest BCUT2D eigenvalue weighted by Gasteiger charge is 2.22. The Kier molecular flexibility index (Phi) is 7.21. The third-order valence-electron chi connectivity index (χ3n) is 4.68. The summed E-state index contributed by atoms with van der Waals surface area (Å²) in [5.41, 5.74) is 1.41. The van der Waals surface area contributed by atoms with E-state index in [1.807, 2.05) is 12.1 Å². The number of anilines is 1. The van der Waals surface area contributed by atoms with Crippen LogP contribution in [0.15, 0.2) is 35.1 Å². The number of amides is 1. The number of H-pyrrole nitrogens is 1.